The Labute approximate surface area is 163 Å². The molecule has 1 aliphatic rings. The summed E-state index contributed by atoms with van der Waals surface area (Å²) in [5.41, 5.74) is 1.39. The third-order valence-corrected chi connectivity index (χ3v) is 5.09. The number of ether oxygens (including phenoxy) is 1. The van der Waals surface area contributed by atoms with E-state index in [0.717, 1.165) is 24.5 Å². The summed E-state index contributed by atoms with van der Waals surface area (Å²) in [5, 5.41) is 7.00. The first-order valence-corrected chi connectivity index (χ1v) is 9.76. The highest BCUT2D eigenvalue weighted by molar-refractivity contribution is 6.05. The summed E-state index contributed by atoms with van der Waals surface area (Å²) in [6.07, 6.45) is 8.91. The lowest BCUT2D eigenvalue weighted by atomic mass is 10.0. The van der Waals surface area contributed by atoms with Crippen LogP contribution in [0.15, 0.2) is 24.7 Å². The van der Waals surface area contributed by atoms with Gasteiger partial charge in [-0.3, -0.25) is 13.9 Å². The molecular weight excluding hydrogens is 356 g/mol. The molecule has 1 unspecified atom stereocenters. The first-order valence-electron chi connectivity index (χ1n) is 9.76. The van der Waals surface area contributed by atoms with Gasteiger partial charge in [0.15, 0.2) is 5.82 Å². The number of aromatic nitrogens is 5. The fourth-order valence-corrected chi connectivity index (χ4v) is 3.73. The van der Waals surface area contributed by atoms with Crippen molar-refractivity contribution in [3.8, 4) is 5.88 Å². The van der Waals surface area contributed by atoms with Gasteiger partial charge in [0.05, 0.1) is 11.8 Å². The number of fused-ring (bicyclic) bond motifs is 1. The summed E-state index contributed by atoms with van der Waals surface area (Å²) in [7, 11) is 1.80. The Kier molecular flexibility index (Phi) is 4.78. The predicted molar refractivity (Wildman–Crippen MR) is 106 cm³/mol. The maximum absolute atomic E-state index is 12.9. The Morgan fingerprint density at radius 1 is 1.29 bits per heavy atom. The van der Waals surface area contributed by atoms with Gasteiger partial charge in [-0.2, -0.15) is 10.1 Å². The molecule has 2 atom stereocenters. The molecule has 0 saturated heterocycles. The first kappa shape index (κ1) is 18.5. The molecule has 148 valence electrons. The van der Waals surface area contributed by atoms with Crippen LogP contribution in [-0.2, 0) is 7.05 Å². The molecule has 1 fully saturated rings. The van der Waals surface area contributed by atoms with E-state index in [2.05, 4.69) is 22.3 Å². The van der Waals surface area contributed by atoms with Gasteiger partial charge >= 0.3 is 0 Å². The van der Waals surface area contributed by atoms with Crippen LogP contribution in [0, 0.1) is 5.92 Å². The van der Waals surface area contributed by atoms with Gasteiger partial charge in [0.25, 0.3) is 5.91 Å². The molecule has 3 heterocycles. The number of nitrogens with zero attached hydrogens (tertiary/aromatic N) is 5. The van der Waals surface area contributed by atoms with Crippen molar-refractivity contribution in [3.63, 3.8) is 0 Å². The molecule has 8 heteroatoms. The molecule has 0 aromatic carbocycles. The van der Waals surface area contributed by atoms with E-state index in [1.54, 1.807) is 30.2 Å². The Balaban J connectivity index is 1.69. The minimum absolute atomic E-state index is 0.110. The largest absolute Gasteiger partial charge is 0.474 e. The van der Waals surface area contributed by atoms with Gasteiger partial charge in [-0.05, 0) is 32.6 Å². The van der Waals surface area contributed by atoms with Gasteiger partial charge in [0.2, 0.25) is 11.7 Å². The molecule has 0 radical (unpaired) electrons. The number of nitrogens with one attached hydrogen (secondary N) is 1. The second-order valence-corrected chi connectivity index (χ2v) is 7.94. The predicted octanol–water partition coefficient (Wildman–Crippen LogP) is 3.41. The van der Waals surface area contributed by atoms with E-state index >= 15 is 0 Å². The molecule has 1 N–H and O–H groups in total. The Hall–Kier alpha value is -2.90. The van der Waals surface area contributed by atoms with Crippen LogP contribution in [0.3, 0.4) is 0 Å². The number of anilines is 1. The van der Waals surface area contributed by atoms with Crippen molar-refractivity contribution in [1.29, 1.82) is 0 Å². The van der Waals surface area contributed by atoms with Crippen LogP contribution in [0.25, 0.3) is 5.78 Å². The second-order valence-electron chi connectivity index (χ2n) is 7.94. The van der Waals surface area contributed by atoms with Crippen molar-refractivity contribution in [2.45, 2.75) is 52.1 Å². The molecule has 1 saturated carbocycles. The SMILES string of the molecule is CC(C)Oc1nc2nc(C3CC[C@@H](C)C3)cn2cc1C(=O)Nc1ccn(C)n1. The van der Waals surface area contributed by atoms with E-state index in [-0.39, 0.29) is 17.9 Å². The fourth-order valence-electron chi connectivity index (χ4n) is 3.73. The summed E-state index contributed by atoms with van der Waals surface area (Å²) in [5.74, 6) is 2.19. The van der Waals surface area contributed by atoms with Crippen LogP contribution in [0.4, 0.5) is 5.82 Å². The van der Waals surface area contributed by atoms with Gasteiger partial charge in [0, 0.05) is 37.6 Å². The van der Waals surface area contributed by atoms with E-state index in [4.69, 9.17) is 9.72 Å². The van der Waals surface area contributed by atoms with E-state index in [1.165, 1.54) is 6.42 Å². The van der Waals surface area contributed by atoms with Crippen molar-refractivity contribution < 1.29 is 9.53 Å². The summed E-state index contributed by atoms with van der Waals surface area (Å²) in [4.78, 5) is 22.1. The number of hydrogen-bond donors (Lipinski definition) is 1. The van der Waals surface area contributed by atoms with Crippen molar-refractivity contribution >= 4 is 17.5 Å². The number of carbonyl (C=O) groups excluding carboxylic acids is 1. The van der Waals surface area contributed by atoms with Gasteiger partial charge < -0.3 is 10.1 Å². The highest BCUT2D eigenvalue weighted by Gasteiger charge is 2.26. The number of imidazole rings is 1. The van der Waals surface area contributed by atoms with Gasteiger partial charge in [-0.1, -0.05) is 13.3 Å². The number of rotatable bonds is 5. The van der Waals surface area contributed by atoms with Gasteiger partial charge in [-0.15, -0.1) is 0 Å². The Morgan fingerprint density at radius 3 is 2.75 bits per heavy atom. The molecule has 3 aromatic heterocycles. The van der Waals surface area contributed by atoms with Crippen LogP contribution < -0.4 is 10.1 Å². The molecule has 4 rings (SSSR count). The summed E-state index contributed by atoms with van der Waals surface area (Å²) in [6.45, 7) is 6.09. The number of aryl methyl sites for hydroxylation is 1. The molecule has 0 spiro atoms. The average Bonchev–Trinajstić information content (AvgIpc) is 3.33. The third-order valence-electron chi connectivity index (χ3n) is 5.09. The number of amides is 1. The number of carbonyl (C=O) groups is 1. The van der Waals surface area contributed by atoms with Crippen molar-refractivity contribution in [2.24, 2.45) is 13.0 Å². The third kappa shape index (κ3) is 3.72. The van der Waals surface area contributed by atoms with Crippen molar-refractivity contribution in [2.75, 3.05) is 5.32 Å². The average molecular weight is 382 g/mol. The van der Waals surface area contributed by atoms with E-state index in [9.17, 15) is 4.79 Å². The zero-order valence-corrected chi connectivity index (χ0v) is 16.7. The fraction of sp³-hybridized carbons (Fsp3) is 0.500. The van der Waals surface area contributed by atoms with E-state index < -0.39 is 0 Å². The maximum atomic E-state index is 12.9. The smallest absolute Gasteiger partial charge is 0.263 e. The topological polar surface area (TPSA) is 86.3 Å². The Bertz CT molecular complexity index is 1010. The summed E-state index contributed by atoms with van der Waals surface area (Å²) >= 11 is 0. The lowest BCUT2D eigenvalue weighted by molar-refractivity contribution is 0.101. The normalized spacial score (nSPS) is 19.5. The minimum atomic E-state index is -0.312. The zero-order chi connectivity index (χ0) is 19.8. The van der Waals surface area contributed by atoms with Crippen LogP contribution in [0.5, 0.6) is 5.88 Å². The van der Waals surface area contributed by atoms with Crippen molar-refractivity contribution in [1.82, 2.24) is 24.1 Å². The lowest BCUT2D eigenvalue weighted by Crippen LogP contribution is -2.18. The monoisotopic (exact) mass is 382 g/mol. The van der Waals surface area contributed by atoms with Gasteiger partial charge in [-0.25, -0.2) is 4.98 Å². The molecule has 1 aliphatic carbocycles. The highest BCUT2D eigenvalue weighted by atomic mass is 16.5. The molecular formula is C20H26N6O2. The molecule has 8 nitrogen and oxygen atoms in total. The maximum Gasteiger partial charge on any atom is 0.263 e. The minimum Gasteiger partial charge on any atom is -0.474 e. The van der Waals surface area contributed by atoms with Crippen LogP contribution in [0.1, 0.15) is 62.0 Å². The highest BCUT2D eigenvalue weighted by Crippen LogP contribution is 2.37. The molecule has 1 amide bonds. The van der Waals surface area contributed by atoms with Crippen LogP contribution >= 0.6 is 0 Å². The summed E-state index contributed by atoms with van der Waals surface area (Å²) < 4.78 is 9.27. The van der Waals surface area contributed by atoms with Crippen molar-refractivity contribution in [3.05, 3.63) is 35.9 Å². The standard InChI is InChI=1S/C20H26N6O2/c1-12(2)28-19-15(18(27)22-17-7-8-25(4)24-17)10-26-11-16(21-20(26)23-19)14-6-5-13(3)9-14/h7-8,10-14H,5-6,9H2,1-4H3,(H,22,24,27)/t13-,14?/m1/s1. The quantitative estimate of drug-likeness (QED) is 0.731. The van der Waals surface area contributed by atoms with Crippen LogP contribution in [0.2, 0.25) is 0 Å². The summed E-state index contributed by atoms with van der Waals surface area (Å²) in [6, 6.07) is 1.74. The lowest BCUT2D eigenvalue weighted by Gasteiger charge is -2.12. The van der Waals surface area contributed by atoms with E-state index in [0.29, 0.717) is 23.1 Å². The molecule has 0 aliphatic heterocycles. The van der Waals surface area contributed by atoms with E-state index in [1.807, 2.05) is 24.4 Å². The molecule has 0 bridgehead atoms. The Morgan fingerprint density at radius 2 is 2.11 bits per heavy atom. The number of hydrogen-bond acceptors (Lipinski definition) is 5. The van der Waals surface area contributed by atoms with Gasteiger partial charge in [0.1, 0.15) is 5.56 Å². The first-order chi connectivity index (χ1) is 13.4. The second kappa shape index (κ2) is 7.26. The molecule has 28 heavy (non-hydrogen) atoms. The zero-order valence-electron chi connectivity index (χ0n) is 16.7. The molecule has 3 aromatic rings. The van der Waals surface area contributed by atoms with Crippen LogP contribution in [-0.4, -0.2) is 36.2 Å².